The summed E-state index contributed by atoms with van der Waals surface area (Å²) in [5.74, 6) is -3.20. The minimum absolute atomic E-state index is 0.0288. The number of aliphatic carboxylic acids is 1. The number of hydrogen-bond donors (Lipinski definition) is 2. The minimum Gasteiger partial charge on any atom is -0.481 e. The molecule has 0 aromatic rings. The number of rotatable bonds is 4. The standard InChI is InChI=1S/C12H16N2O4/c1-14(5-8(13)15)11(16)9-6-2-3-7(4-6)10(9)12(17)18/h2-3,6-7,9-10H,4-5H2,1H3,(H2,13,15)(H,17,18). The second-order valence-corrected chi connectivity index (χ2v) is 5.00. The third-order valence-electron chi connectivity index (χ3n) is 3.80. The highest BCUT2D eigenvalue weighted by Crippen LogP contribution is 2.48. The molecule has 3 N–H and O–H groups in total. The molecule has 0 aromatic carbocycles. The molecule has 4 atom stereocenters. The molecule has 6 nitrogen and oxygen atoms in total. The fraction of sp³-hybridized carbons (Fsp3) is 0.583. The molecule has 1 fully saturated rings. The van der Waals surface area contributed by atoms with Crippen LogP contribution in [0.3, 0.4) is 0 Å². The SMILES string of the molecule is CN(CC(N)=O)C(=O)C1C2C=CC(C2)C1C(=O)O. The molecule has 0 aromatic heterocycles. The number of carboxylic acid groups (broad SMARTS) is 1. The highest BCUT2D eigenvalue weighted by Gasteiger charge is 2.52. The number of nitrogens with zero attached hydrogens (tertiary/aromatic N) is 1. The Kier molecular flexibility index (Phi) is 3.11. The van der Waals surface area contributed by atoms with Crippen molar-refractivity contribution in [2.24, 2.45) is 29.4 Å². The van der Waals surface area contributed by atoms with Crippen molar-refractivity contribution in [3.05, 3.63) is 12.2 Å². The van der Waals surface area contributed by atoms with Crippen LogP contribution in [0.25, 0.3) is 0 Å². The van der Waals surface area contributed by atoms with Gasteiger partial charge in [-0.05, 0) is 18.3 Å². The number of nitrogens with two attached hydrogens (primary N) is 1. The van der Waals surface area contributed by atoms with Gasteiger partial charge in [0.2, 0.25) is 11.8 Å². The number of carbonyl (C=O) groups excluding carboxylic acids is 2. The number of carbonyl (C=O) groups is 3. The summed E-state index contributed by atoms with van der Waals surface area (Å²) in [5.41, 5.74) is 5.04. The molecule has 2 aliphatic carbocycles. The Morgan fingerprint density at radius 3 is 2.33 bits per heavy atom. The molecule has 0 spiro atoms. The van der Waals surface area contributed by atoms with Gasteiger partial charge in [0, 0.05) is 7.05 Å². The zero-order valence-corrected chi connectivity index (χ0v) is 10.1. The van der Waals surface area contributed by atoms with Gasteiger partial charge in [-0.3, -0.25) is 14.4 Å². The van der Waals surface area contributed by atoms with E-state index in [1.807, 2.05) is 12.2 Å². The number of hydrogen-bond acceptors (Lipinski definition) is 3. The molecule has 0 aliphatic heterocycles. The van der Waals surface area contributed by atoms with Crippen LogP contribution < -0.4 is 5.73 Å². The van der Waals surface area contributed by atoms with Crippen molar-refractivity contribution in [1.82, 2.24) is 4.90 Å². The highest BCUT2D eigenvalue weighted by molar-refractivity contribution is 5.89. The fourth-order valence-corrected chi connectivity index (χ4v) is 3.06. The van der Waals surface area contributed by atoms with Crippen LogP contribution in [0.4, 0.5) is 0 Å². The van der Waals surface area contributed by atoms with Crippen molar-refractivity contribution in [1.29, 1.82) is 0 Å². The van der Waals surface area contributed by atoms with Crippen LogP contribution in [0.5, 0.6) is 0 Å². The van der Waals surface area contributed by atoms with E-state index in [0.29, 0.717) is 6.42 Å². The van der Waals surface area contributed by atoms with Crippen LogP contribution in [0.15, 0.2) is 12.2 Å². The van der Waals surface area contributed by atoms with Crippen molar-refractivity contribution < 1.29 is 19.5 Å². The van der Waals surface area contributed by atoms with Crippen LogP contribution in [0, 0.1) is 23.7 Å². The molecular weight excluding hydrogens is 236 g/mol. The smallest absolute Gasteiger partial charge is 0.307 e. The Morgan fingerprint density at radius 1 is 1.28 bits per heavy atom. The Balaban J connectivity index is 2.16. The zero-order valence-electron chi connectivity index (χ0n) is 10.1. The summed E-state index contributed by atoms with van der Waals surface area (Å²) in [7, 11) is 1.47. The quantitative estimate of drug-likeness (QED) is 0.656. The molecule has 1 saturated carbocycles. The van der Waals surface area contributed by atoms with E-state index in [1.165, 1.54) is 11.9 Å². The van der Waals surface area contributed by atoms with Crippen molar-refractivity contribution in [3.63, 3.8) is 0 Å². The van der Waals surface area contributed by atoms with Gasteiger partial charge in [0.1, 0.15) is 0 Å². The van der Waals surface area contributed by atoms with Gasteiger partial charge in [-0.1, -0.05) is 12.2 Å². The van der Waals surface area contributed by atoms with Crippen molar-refractivity contribution in [2.75, 3.05) is 13.6 Å². The Labute approximate surface area is 104 Å². The Bertz CT molecular complexity index is 432. The molecular formula is C12H16N2O4. The number of primary amides is 1. The van der Waals surface area contributed by atoms with Gasteiger partial charge in [0.15, 0.2) is 0 Å². The van der Waals surface area contributed by atoms with Gasteiger partial charge in [0.25, 0.3) is 0 Å². The molecule has 2 aliphatic rings. The molecule has 98 valence electrons. The lowest BCUT2D eigenvalue weighted by Gasteiger charge is -2.27. The summed E-state index contributed by atoms with van der Waals surface area (Å²) in [5, 5.41) is 9.22. The van der Waals surface area contributed by atoms with E-state index in [4.69, 9.17) is 5.73 Å². The third-order valence-corrected chi connectivity index (χ3v) is 3.80. The van der Waals surface area contributed by atoms with Crippen LogP contribution in [-0.4, -0.2) is 41.4 Å². The first-order valence-electron chi connectivity index (χ1n) is 5.86. The third kappa shape index (κ3) is 1.98. The van der Waals surface area contributed by atoms with Gasteiger partial charge in [0.05, 0.1) is 18.4 Å². The molecule has 2 rings (SSSR count). The predicted octanol–water partition coefficient (Wildman–Crippen LogP) is -0.547. The molecule has 4 unspecified atom stereocenters. The fourth-order valence-electron chi connectivity index (χ4n) is 3.06. The number of amides is 2. The van der Waals surface area contributed by atoms with E-state index in [2.05, 4.69) is 0 Å². The number of likely N-dealkylation sites (N-methyl/N-ethyl adjacent to an activating group) is 1. The normalized spacial score (nSPS) is 32.5. The largest absolute Gasteiger partial charge is 0.481 e. The molecule has 6 heteroatoms. The summed E-state index contributed by atoms with van der Waals surface area (Å²) in [6.45, 7) is -0.178. The van der Waals surface area contributed by atoms with Crippen molar-refractivity contribution in [3.8, 4) is 0 Å². The predicted molar refractivity (Wildman–Crippen MR) is 62.2 cm³/mol. The number of allylic oxidation sites excluding steroid dienone is 2. The average molecular weight is 252 g/mol. The molecule has 0 heterocycles. The average Bonchev–Trinajstić information content (AvgIpc) is 2.85. The Hall–Kier alpha value is -1.85. The first-order chi connectivity index (χ1) is 8.41. The van der Waals surface area contributed by atoms with E-state index < -0.39 is 23.7 Å². The maximum absolute atomic E-state index is 12.2. The lowest BCUT2D eigenvalue weighted by Crippen LogP contribution is -2.44. The van der Waals surface area contributed by atoms with Gasteiger partial charge in [-0.15, -0.1) is 0 Å². The Morgan fingerprint density at radius 2 is 1.83 bits per heavy atom. The zero-order chi connectivity index (χ0) is 13.4. The first-order valence-corrected chi connectivity index (χ1v) is 5.86. The summed E-state index contributed by atoms with van der Waals surface area (Å²) >= 11 is 0. The highest BCUT2D eigenvalue weighted by atomic mass is 16.4. The minimum atomic E-state index is -0.947. The number of carboxylic acids is 1. The van der Waals surface area contributed by atoms with E-state index in [-0.39, 0.29) is 24.3 Å². The van der Waals surface area contributed by atoms with E-state index in [0.717, 1.165) is 0 Å². The molecule has 0 radical (unpaired) electrons. The lowest BCUT2D eigenvalue weighted by atomic mass is 9.82. The van der Waals surface area contributed by atoms with Crippen LogP contribution in [-0.2, 0) is 14.4 Å². The summed E-state index contributed by atoms with van der Waals surface area (Å²) in [6.07, 6.45) is 4.49. The van der Waals surface area contributed by atoms with Gasteiger partial charge < -0.3 is 15.7 Å². The van der Waals surface area contributed by atoms with Crippen molar-refractivity contribution in [2.45, 2.75) is 6.42 Å². The van der Waals surface area contributed by atoms with Crippen LogP contribution in [0.2, 0.25) is 0 Å². The molecule has 18 heavy (non-hydrogen) atoms. The maximum atomic E-state index is 12.2. The lowest BCUT2D eigenvalue weighted by molar-refractivity contribution is -0.150. The molecule has 2 bridgehead atoms. The van der Waals surface area contributed by atoms with E-state index in [9.17, 15) is 19.5 Å². The second-order valence-electron chi connectivity index (χ2n) is 5.00. The summed E-state index contributed by atoms with van der Waals surface area (Å²) in [6, 6.07) is 0. The van der Waals surface area contributed by atoms with Gasteiger partial charge >= 0.3 is 5.97 Å². The van der Waals surface area contributed by atoms with Crippen molar-refractivity contribution >= 4 is 17.8 Å². The van der Waals surface area contributed by atoms with E-state index in [1.54, 1.807) is 0 Å². The summed E-state index contributed by atoms with van der Waals surface area (Å²) in [4.78, 5) is 35.5. The summed E-state index contributed by atoms with van der Waals surface area (Å²) < 4.78 is 0. The molecule has 2 amide bonds. The van der Waals surface area contributed by atoms with Crippen LogP contribution >= 0.6 is 0 Å². The van der Waals surface area contributed by atoms with E-state index >= 15 is 0 Å². The maximum Gasteiger partial charge on any atom is 0.307 e. The monoisotopic (exact) mass is 252 g/mol. The number of fused-ring (bicyclic) bond motifs is 2. The van der Waals surface area contributed by atoms with Gasteiger partial charge in [-0.2, -0.15) is 0 Å². The van der Waals surface area contributed by atoms with Crippen LogP contribution in [0.1, 0.15) is 6.42 Å². The first kappa shape index (κ1) is 12.6. The van der Waals surface area contributed by atoms with Gasteiger partial charge in [-0.25, -0.2) is 0 Å². The topological polar surface area (TPSA) is 101 Å². The second kappa shape index (κ2) is 4.44. The molecule has 0 saturated heterocycles.